The van der Waals surface area contributed by atoms with Crippen molar-refractivity contribution in [3.05, 3.63) is 56.3 Å². The van der Waals surface area contributed by atoms with E-state index in [9.17, 15) is 20.0 Å². The van der Waals surface area contributed by atoms with Gasteiger partial charge in [0.15, 0.2) is 6.04 Å². The van der Waals surface area contributed by atoms with Crippen molar-refractivity contribution < 1.29 is 14.8 Å². The summed E-state index contributed by atoms with van der Waals surface area (Å²) in [5.74, 6) is -1.03. The number of benzene rings is 1. The summed E-state index contributed by atoms with van der Waals surface area (Å²) in [7, 11) is 0. The number of hydrogen-bond acceptors (Lipinski definition) is 5. The highest BCUT2D eigenvalue weighted by molar-refractivity contribution is 7.10. The molecule has 1 heterocycles. The maximum atomic E-state index is 11.3. The number of anilines is 1. The van der Waals surface area contributed by atoms with Crippen LogP contribution in [0.3, 0.4) is 0 Å². The molecule has 6 nitrogen and oxygen atoms in total. The Morgan fingerprint density at radius 1 is 1.45 bits per heavy atom. The summed E-state index contributed by atoms with van der Waals surface area (Å²) < 4.78 is 0. The minimum atomic E-state index is -1.03. The monoisotopic (exact) mass is 292 g/mol. The van der Waals surface area contributed by atoms with Crippen LogP contribution in [-0.4, -0.2) is 16.0 Å². The van der Waals surface area contributed by atoms with Gasteiger partial charge in [0.25, 0.3) is 5.69 Å². The lowest BCUT2D eigenvalue weighted by atomic mass is 10.1. The van der Waals surface area contributed by atoms with E-state index in [0.29, 0.717) is 16.1 Å². The fourth-order valence-corrected chi connectivity index (χ4v) is 2.54. The number of aliphatic carboxylic acids is 1. The van der Waals surface area contributed by atoms with Crippen molar-refractivity contribution in [1.29, 1.82) is 0 Å². The molecule has 0 amide bonds. The van der Waals surface area contributed by atoms with Gasteiger partial charge in [0.1, 0.15) is 0 Å². The Hall–Kier alpha value is -2.41. The van der Waals surface area contributed by atoms with Crippen molar-refractivity contribution >= 4 is 28.7 Å². The van der Waals surface area contributed by atoms with E-state index in [1.165, 1.54) is 17.4 Å². The van der Waals surface area contributed by atoms with Crippen LogP contribution in [0.15, 0.2) is 35.7 Å². The first-order valence-electron chi connectivity index (χ1n) is 5.77. The first-order chi connectivity index (χ1) is 9.49. The number of carboxylic acid groups (broad SMARTS) is 1. The van der Waals surface area contributed by atoms with Crippen LogP contribution >= 0.6 is 11.3 Å². The second-order valence-corrected chi connectivity index (χ2v) is 5.17. The average Bonchev–Trinajstić information content (AvgIpc) is 2.90. The van der Waals surface area contributed by atoms with Gasteiger partial charge in [-0.2, -0.15) is 0 Å². The number of carbonyl (C=O) groups is 1. The molecule has 1 atom stereocenters. The van der Waals surface area contributed by atoms with E-state index in [1.807, 2.05) is 0 Å². The third-order valence-corrected chi connectivity index (χ3v) is 3.73. The second kappa shape index (κ2) is 5.70. The van der Waals surface area contributed by atoms with Crippen LogP contribution in [0.2, 0.25) is 0 Å². The van der Waals surface area contributed by atoms with Gasteiger partial charge in [-0.15, -0.1) is 11.3 Å². The number of aryl methyl sites for hydroxylation is 1. The van der Waals surface area contributed by atoms with E-state index >= 15 is 0 Å². The Bertz CT molecular complexity index is 640. The van der Waals surface area contributed by atoms with Crippen LogP contribution in [0.5, 0.6) is 0 Å². The predicted octanol–water partition coefficient (Wildman–Crippen LogP) is 3.20. The lowest BCUT2D eigenvalue weighted by Crippen LogP contribution is -2.19. The number of nitro groups is 1. The summed E-state index contributed by atoms with van der Waals surface area (Å²) in [4.78, 5) is 22.3. The second-order valence-electron chi connectivity index (χ2n) is 4.19. The summed E-state index contributed by atoms with van der Waals surface area (Å²) in [5.41, 5.74) is 0.900. The van der Waals surface area contributed by atoms with Gasteiger partial charge >= 0.3 is 5.97 Å². The first kappa shape index (κ1) is 14.0. The Balaban J connectivity index is 2.30. The molecule has 1 aromatic heterocycles. The summed E-state index contributed by atoms with van der Waals surface area (Å²) >= 11 is 1.32. The molecule has 20 heavy (non-hydrogen) atoms. The lowest BCUT2D eigenvalue weighted by molar-refractivity contribution is -0.385. The van der Waals surface area contributed by atoms with Crippen molar-refractivity contribution in [2.75, 3.05) is 5.32 Å². The average molecular weight is 292 g/mol. The normalized spacial score (nSPS) is 11.8. The molecule has 0 radical (unpaired) electrons. The molecule has 0 aliphatic carbocycles. The first-order valence-corrected chi connectivity index (χ1v) is 6.65. The Kier molecular flexibility index (Phi) is 3.99. The Labute approximate surface area is 118 Å². The molecule has 0 fully saturated rings. The van der Waals surface area contributed by atoms with E-state index in [4.69, 9.17) is 0 Å². The molecule has 0 saturated heterocycles. The van der Waals surface area contributed by atoms with Crippen molar-refractivity contribution in [3.8, 4) is 0 Å². The topological polar surface area (TPSA) is 92.5 Å². The van der Waals surface area contributed by atoms with Crippen molar-refractivity contribution in [2.24, 2.45) is 0 Å². The van der Waals surface area contributed by atoms with Crippen molar-refractivity contribution in [1.82, 2.24) is 0 Å². The molecular weight excluding hydrogens is 280 g/mol. The van der Waals surface area contributed by atoms with Gasteiger partial charge in [-0.25, -0.2) is 4.79 Å². The molecule has 104 valence electrons. The maximum absolute atomic E-state index is 11.3. The minimum absolute atomic E-state index is 0.0367. The number of thiophene rings is 1. The largest absolute Gasteiger partial charge is 0.479 e. The van der Waals surface area contributed by atoms with Crippen LogP contribution in [0.1, 0.15) is 16.5 Å². The molecular formula is C13H12N2O4S. The van der Waals surface area contributed by atoms with Crippen LogP contribution in [0, 0.1) is 17.0 Å². The van der Waals surface area contributed by atoms with Gasteiger partial charge in [-0.05, 0) is 24.4 Å². The molecule has 2 N–H and O–H groups in total. The van der Waals surface area contributed by atoms with Crippen LogP contribution < -0.4 is 5.32 Å². The predicted molar refractivity (Wildman–Crippen MR) is 76.2 cm³/mol. The number of rotatable bonds is 5. The summed E-state index contributed by atoms with van der Waals surface area (Å²) in [5, 5.41) is 24.7. The lowest BCUT2D eigenvalue weighted by Gasteiger charge is -2.14. The molecule has 7 heteroatoms. The molecule has 0 bridgehead atoms. The maximum Gasteiger partial charge on any atom is 0.331 e. The third-order valence-electron chi connectivity index (χ3n) is 2.79. The number of nitrogens with one attached hydrogen (secondary N) is 1. The van der Waals surface area contributed by atoms with Crippen molar-refractivity contribution in [3.63, 3.8) is 0 Å². The smallest absolute Gasteiger partial charge is 0.331 e. The zero-order valence-corrected chi connectivity index (χ0v) is 11.4. The quantitative estimate of drug-likeness (QED) is 0.652. The highest BCUT2D eigenvalue weighted by atomic mass is 32.1. The van der Waals surface area contributed by atoms with E-state index in [2.05, 4.69) is 5.32 Å². The van der Waals surface area contributed by atoms with E-state index in [-0.39, 0.29) is 5.69 Å². The number of nitro benzene ring substituents is 1. The van der Waals surface area contributed by atoms with E-state index in [0.717, 1.165) is 0 Å². The van der Waals surface area contributed by atoms with Gasteiger partial charge in [-0.3, -0.25) is 10.1 Å². The number of nitrogens with zero attached hydrogens (tertiary/aromatic N) is 1. The van der Waals surface area contributed by atoms with Gasteiger partial charge in [0, 0.05) is 22.2 Å². The molecule has 1 unspecified atom stereocenters. The summed E-state index contributed by atoms with van der Waals surface area (Å²) in [6.45, 7) is 1.63. The number of carboxylic acids is 1. The van der Waals surface area contributed by atoms with Gasteiger partial charge in [0.05, 0.1) is 4.92 Å². The molecule has 1 aromatic carbocycles. The van der Waals surface area contributed by atoms with Gasteiger partial charge < -0.3 is 10.4 Å². The molecule has 2 rings (SSSR count). The zero-order chi connectivity index (χ0) is 14.7. The molecule has 0 spiro atoms. The van der Waals surface area contributed by atoms with E-state index in [1.54, 1.807) is 36.6 Å². The van der Waals surface area contributed by atoms with Gasteiger partial charge in [0.2, 0.25) is 0 Å². The SMILES string of the molecule is Cc1ccc(NC(C(=O)O)c2cccs2)cc1[N+](=O)[O-]. The van der Waals surface area contributed by atoms with Crippen LogP contribution in [0.25, 0.3) is 0 Å². The van der Waals surface area contributed by atoms with E-state index < -0.39 is 16.9 Å². The zero-order valence-electron chi connectivity index (χ0n) is 10.6. The van der Waals surface area contributed by atoms with Gasteiger partial charge in [-0.1, -0.05) is 12.1 Å². The molecule has 0 aliphatic heterocycles. The third kappa shape index (κ3) is 2.94. The molecule has 0 saturated carbocycles. The Morgan fingerprint density at radius 2 is 2.20 bits per heavy atom. The Morgan fingerprint density at radius 3 is 2.75 bits per heavy atom. The summed E-state index contributed by atoms with van der Waals surface area (Å²) in [6, 6.07) is 7.12. The highest BCUT2D eigenvalue weighted by Gasteiger charge is 2.21. The molecule has 0 aliphatic rings. The van der Waals surface area contributed by atoms with Crippen molar-refractivity contribution in [2.45, 2.75) is 13.0 Å². The summed E-state index contributed by atoms with van der Waals surface area (Å²) in [6.07, 6.45) is 0. The van der Waals surface area contributed by atoms with Crippen LogP contribution in [-0.2, 0) is 4.79 Å². The highest BCUT2D eigenvalue weighted by Crippen LogP contribution is 2.27. The fourth-order valence-electron chi connectivity index (χ4n) is 1.77. The standard InChI is InChI=1S/C13H12N2O4S/c1-8-4-5-9(7-10(8)15(18)19)14-12(13(16)17)11-3-2-6-20-11/h2-7,12,14H,1H3,(H,16,17). The number of hydrogen-bond donors (Lipinski definition) is 2. The van der Waals surface area contributed by atoms with Crippen LogP contribution in [0.4, 0.5) is 11.4 Å². The molecule has 2 aromatic rings. The fraction of sp³-hybridized carbons (Fsp3) is 0.154. The minimum Gasteiger partial charge on any atom is -0.479 e.